The van der Waals surface area contributed by atoms with Crippen LogP contribution in [0.5, 0.6) is 0 Å². The Morgan fingerprint density at radius 3 is 2.44 bits per heavy atom. The molecule has 2 aliphatic rings. The van der Waals surface area contributed by atoms with Crippen LogP contribution in [-0.4, -0.2) is 28.9 Å². The van der Waals surface area contributed by atoms with Crippen molar-refractivity contribution in [3.05, 3.63) is 39.3 Å². The molecule has 0 bridgehead atoms. The van der Waals surface area contributed by atoms with Crippen LogP contribution >= 0.6 is 34.5 Å². The number of anilines is 1. The van der Waals surface area contributed by atoms with Gasteiger partial charge in [0.2, 0.25) is 5.13 Å². The second-order valence-electron chi connectivity index (χ2n) is 5.73. The van der Waals surface area contributed by atoms with Gasteiger partial charge in [-0.05, 0) is 37.8 Å². The summed E-state index contributed by atoms with van der Waals surface area (Å²) in [6.45, 7) is 0.787. The molecule has 1 saturated heterocycles. The average Bonchev–Trinajstić information content (AvgIpc) is 3.06. The lowest BCUT2D eigenvalue weighted by molar-refractivity contribution is 0.111. The molecule has 134 valence electrons. The van der Waals surface area contributed by atoms with Gasteiger partial charge in [-0.15, -0.1) is 10.2 Å². The van der Waals surface area contributed by atoms with E-state index in [1.54, 1.807) is 12.1 Å². The standard InChI is InChI=1S/C10H14N4O2S.C6H4Cl2/c15-9(11-6-3-4-6)12-10-14-13-8(17-10)7-2-1-5-16-7;7-5-3-1-2-4-6(5)8/h6-7H,1-5H2,(H2,11,12,14,15);1-4H. The normalized spacial score (nSPS) is 19.0. The first-order valence-corrected chi connectivity index (χ1v) is 9.61. The van der Waals surface area contributed by atoms with E-state index in [0.29, 0.717) is 21.2 Å². The van der Waals surface area contributed by atoms with Crippen molar-refractivity contribution in [1.29, 1.82) is 0 Å². The maximum atomic E-state index is 11.5. The van der Waals surface area contributed by atoms with Gasteiger partial charge >= 0.3 is 6.03 Å². The van der Waals surface area contributed by atoms with Crippen LogP contribution < -0.4 is 10.6 Å². The Hall–Kier alpha value is -1.41. The number of carbonyl (C=O) groups excluding carboxylic acids is 1. The number of ether oxygens (including phenoxy) is 1. The van der Waals surface area contributed by atoms with E-state index in [1.165, 1.54) is 11.3 Å². The second kappa shape index (κ2) is 8.80. The third-order valence-corrected chi connectivity index (χ3v) is 5.29. The zero-order valence-electron chi connectivity index (χ0n) is 13.4. The Kier molecular flexibility index (Phi) is 6.47. The SMILES string of the molecule is Clc1ccccc1Cl.O=C(Nc1nnc(C2CCCO2)s1)NC1CC1. The second-order valence-corrected chi connectivity index (χ2v) is 7.56. The van der Waals surface area contributed by atoms with E-state index >= 15 is 0 Å². The van der Waals surface area contributed by atoms with E-state index in [2.05, 4.69) is 20.8 Å². The monoisotopic (exact) mass is 400 g/mol. The summed E-state index contributed by atoms with van der Waals surface area (Å²) in [5, 5.41) is 16.1. The van der Waals surface area contributed by atoms with E-state index in [4.69, 9.17) is 27.9 Å². The molecule has 0 spiro atoms. The summed E-state index contributed by atoms with van der Waals surface area (Å²) >= 11 is 12.5. The van der Waals surface area contributed by atoms with Crippen molar-refractivity contribution in [3.8, 4) is 0 Å². The van der Waals surface area contributed by atoms with E-state index < -0.39 is 0 Å². The van der Waals surface area contributed by atoms with Gasteiger partial charge in [-0.25, -0.2) is 4.79 Å². The highest BCUT2D eigenvalue weighted by Gasteiger charge is 2.25. The van der Waals surface area contributed by atoms with Gasteiger partial charge in [-0.3, -0.25) is 5.32 Å². The summed E-state index contributed by atoms with van der Waals surface area (Å²) in [6.07, 6.45) is 4.27. The molecule has 2 N–H and O–H groups in total. The van der Waals surface area contributed by atoms with Gasteiger partial charge in [0.25, 0.3) is 0 Å². The number of rotatable bonds is 3. The summed E-state index contributed by atoms with van der Waals surface area (Å²) in [7, 11) is 0. The first-order chi connectivity index (χ1) is 12.1. The zero-order valence-corrected chi connectivity index (χ0v) is 15.7. The molecule has 2 aromatic rings. The summed E-state index contributed by atoms with van der Waals surface area (Å²) in [5.74, 6) is 0. The predicted molar refractivity (Wildman–Crippen MR) is 99.5 cm³/mol. The van der Waals surface area contributed by atoms with Crippen LogP contribution in [0.1, 0.15) is 36.8 Å². The van der Waals surface area contributed by atoms with Crippen LogP contribution in [-0.2, 0) is 4.74 Å². The molecule has 1 atom stereocenters. The molecule has 2 fully saturated rings. The highest BCUT2D eigenvalue weighted by atomic mass is 35.5. The molecular formula is C16H18Cl2N4O2S. The number of amides is 2. The minimum absolute atomic E-state index is 0.0644. The molecule has 0 radical (unpaired) electrons. The van der Waals surface area contributed by atoms with Crippen molar-refractivity contribution in [2.45, 2.75) is 37.8 Å². The molecule has 9 heteroatoms. The predicted octanol–water partition coefficient (Wildman–Crippen LogP) is 4.67. The zero-order chi connectivity index (χ0) is 17.6. The van der Waals surface area contributed by atoms with Gasteiger partial charge in [-0.1, -0.05) is 46.7 Å². The average molecular weight is 401 g/mol. The third-order valence-electron chi connectivity index (χ3n) is 3.60. The van der Waals surface area contributed by atoms with Gasteiger partial charge in [0, 0.05) is 12.6 Å². The number of benzene rings is 1. The summed E-state index contributed by atoms with van der Waals surface area (Å²) in [4.78, 5) is 11.5. The maximum Gasteiger partial charge on any atom is 0.321 e. The number of hydrogen-bond donors (Lipinski definition) is 2. The molecule has 6 nitrogen and oxygen atoms in total. The van der Waals surface area contributed by atoms with Crippen molar-refractivity contribution in [1.82, 2.24) is 15.5 Å². The largest absolute Gasteiger partial charge is 0.371 e. The van der Waals surface area contributed by atoms with Gasteiger partial charge < -0.3 is 10.1 Å². The molecular weight excluding hydrogens is 383 g/mol. The summed E-state index contributed by atoms with van der Waals surface area (Å²) in [5.41, 5.74) is 0. The number of nitrogens with one attached hydrogen (secondary N) is 2. The number of hydrogen-bond acceptors (Lipinski definition) is 5. The Morgan fingerprint density at radius 2 is 1.88 bits per heavy atom. The molecule has 25 heavy (non-hydrogen) atoms. The fourth-order valence-electron chi connectivity index (χ4n) is 2.17. The van der Waals surface area contributed by atoms with Gasteiger partial charge in [0.1, 0.15) is 11.1 Å². The third kappa shape index (κ3) is 5.81. The molecule has 1 aliphatic heterocycles. The first kappa shape index (κ1) is 18.4. The van der Waals surface area contributed by atoms with E-state index in [-0.39, 0.29) is 12.1 Å². The number of urea groups is 1. The molecule has 1 aromatic carbocycles. The Balaban J connectivity index is 0.000000192. The highest BCUT2D eigenvalue weighted by molar-refractivity contribution is 7.15. The first-order valence-electron chi connectivity index (χ1n) is 8.04. The van der Waals surface area contributed by atoms with Gasteiger partial charge in [0.05, 0.1) is 10.0 Å². The number of nitrogens with zero attached hydrogens (tertiary/aromatic N) is 2. The van der Waals surface area contributed by atoms with Crippen LogP contribution in [0.25, 0.3) is 0 Å². The molecule has 4 rings (SSSR count). The van der Waals surface area contributed by atoms with Crippen LogP contribution in [0, 0.1) is 0 Å². The lowest BCUT2D eigenvalue weighted by atomic mass is 10.2. The van der Waals surface area contributed by atoms with Crippen molar-refractivity contribution in [2.75, 3.05) is 11.9 Å². The van der Waals surface area contributed by atoms with Crippen molar-refractivity contribution in [3.63, 3.8) is 0 Å². The van der Waals surface area contributed by atoms with E-state index in [9.17, 15) is 4.79 Å². The van der Waals surface area contributed by atoms with Crippen LogP contribution in [0.4, 0.5) is 9.93 Å². The van der Waals surface area contributed by atoms with Crippen LogP contribution in [0.3, 0.4) is 0 Å². The van der Waals surface area contributed by atoms with Crippen molar-refractivity contribution < 1.29 is 9.53 Å². The molecule has 1 aliphatic carbocycles. The number of halogens is 2. The van der Waals surface area contributed by atoms with E-state index in [1.807, 2.05) is 12.1 Å². The highest BCUT2D eigenvalue weighted by Crippen LogP contribution is 2.31. The Bertz CT molecular complexity index is 697. The lowest BCUT2D eigenvalue weighted by Crippen LogP contribution is -2.30. The van der Waals surface area contributed by atoms with Gasteiger partial charge in [-0.2, -0.15) is 0 Å². The Labute approximate surface area is 159 Å². The quantitative estimate of drug-likeness (QED) is 0.784. The number of aromatic nitrogens is 2. The molecule has 2 heterocycles. The van der Waals surface area contributed by atoms with Crippen LogP contribution in [0.2, 0.25) is 10.0 Å². The molecule has 1 unspecified atom stereocenters. The maximum absolute atomic E-state index is 11.5. The lowest BCUT2D eigenvalue weighted by Gasteiger charge is -2.03. The van der Waals surface area contributed by atoms with Crippen molar-refractivity contribution in [2.24, 2.45) is 0 Å². The smallest absolute Gasteiger partial charge is 0.321 e. The van der Waals surface area contributed by atoms with Crippen LogP contribution in [0.15, 0.2) is 24.3 Å². The van der Waals surface area contributed by atoms with E-state index in [0.717, 1.165) is 37.3 Å². The topological polar surface area (TPSA) is 76.1 Å². The fraction of sp³-hybridized carbons (Fsp3) is 0.438. The fourth-order valence-corrected chi connectivity index (χ4v) is 3.27. The molecule has 1 aromatic heterocycles. The van der Waals surface area contributed by atoms with Crippen molar-refractivity contribution >= 4 is 45.7 Å². The number of carbonyl (C=O) groups is 1. The van der Waals surface area contributed by atoms with Gasteiger partial charge in [0.15, 0.2) is 0 Å². The molecule has 2 amide bonds. The minimum atomic E-state index is -0.192. The molecule has 1 saturated carbocycles. The summed E-state index contributed by atoms with van der Waals surface area (Å²) < 4.78 is 5.51. The Morgan fingerprint density at radius 1 is 1.16 bits per heavy atom. The summed E-state index contributed by atoms with van der Waals surface area (Å²) in [6, 6.07) is 7.35. The minimum Gasteiger partial charge on any atom is -0.371 e.